The van der Waals surface area contributed by atoms with Crippen molar-refractivity contribution in [3.63, 3.8) is 0 Å². The van der Waals surface area contributed by atoms with Gasteiger partial charge in [0.2, 0.25) is 5.71 Å². The van der Waals surface area contributed by atoms with E-state index < -0.39 is 19.6 Å². The van der Waals surface area contributed by atoms with Crippen LogP contribution in [0.4, 0.5) is 0 Å². The van der Waals surface area contributed by atoms with Gasteiger partial charge in [0, 0.05) is 37.3 Å². The summed E-state index contributed by atoms with van der Waals surface area (Å²) in [7, 11) is 0. The van der Waals surface area contributed by atoms with Crippen LogP contribution in [0.3, 0.4) is 0 Å². The Morgan fingerprint density at radius 1 is 0.800 bits per heavy atom. The maximum atomic E-state index is 8.70. The third-order valence-corrected chi connectivity index (χ3v) is 12.6. The minimum atomic E-state index is -2.25. The van der Waals surface area contributed by atoms with Crippen LogP contribution in [0, 0.1) is 18.1 Å². The molecule has 4 aromatic heterocycles. The zero-order chi connectivity index (χ0) is 36.6. The number of nitrogens with zero attached hydrogens (tertiary/aromatic N) is 3. The molecule has 0 fully saturated rings. The zero-order valence-corrected chi connectivity index (χ0v) is 34.5. The van der Waals surface area contributed by atoms with E-state index >= 15 is 0 Å². The molecule has 0 saturated carbocycles. The van der Waals surface area contributed by atoms with Gasteiger partial charge in [0.05, 0.1) is 11.3 Å². The molecule has 1 radical (unpaired) electrons. The fourth-order valence-electron chi connectivity index (χ4n) is 5.80. The quantitative estimate of drug-likeness (QED) is 0.123. The first-order valence-electron chi connectivity index (χ1n) is 17.9. The van der Waals surface area contributed by atoms with E-state index in [1.165, 1.54) is 5.56 Å². The summed E-state index contributed by atoms with van der Waals surface area (Å²) < 4.78 is 24.7. The summed E-state index contributed by atoms with van der Waals surface area (Å²) in [6, 6.07) is 38.6. The van der Waals surface area contributed by atoms with E-state index in [1.54, 1.807) is 6.20 Å². The molecule has 0 atom stereocenters. The normalized spacial score (nSPS) is 12.6. The Morgan fingerprint density at radius 3 is 2.22 bits per heavy atom. The summed E-state index contributed by atoms with van der Waals surface area (Å²) in [5.74, 6) is 6.79. The van der Waals surface area contributed by atoms with Crippen molar-refractivity contribution < 1.29 is 27.3 Å². The molecule has 0 saturated heterocycles. The summed E-state index contributed by atoms with van der Waals surface area (Å²) in [6.07, 6.45) is 2.34. The van der Waals surface area contributed by atoms with E-state index in [-0.39, 0.29) is 31.4 Å². The van der Waals surface area contributed by atoms with Gasteiger partial charge in [0.25, 0.3) is 0 Å². The second-order valence-corrected chi connectivity index (χ2v) is 25.3. The molecule has 0 aliphatic heterocycles. The van der Waals surface area contributed by atoms with Gasteiger partial charge < -0.3 is 9.40 Å². The second kappa shape index (κ2) is 15.6. The molecular weight excluding hydrogens is 851 g/mol. The van der Waals surface area contributed by atoms with Crippen molar-refractivity contribution in [2.24, 2.45) is 5.92 Å². The first-order valence-corrected chi connectivity index (χ1v) is 24.2. The molecule has 0 amide bonds. The van der Waals surface area contributed by atoms with Crippen LogP contribution in [-0.4, -0.2) is 28.2 Å². The average molecular weight is 899 g/mol. The Kier molecular flexibility index (Phi) is 10.7. The molecular formula is C44H45GeIrN3O-2. The number of hydrogen-bond acceptors (Lipinski definition) is 4. The number of furan rings is 1. The predicted octanol–water partition coefficient (Wildman–Crippen LogP) is 11.1. The molecule has 0 bridgehead atoms. The first-order chi connectivity index (χ1) is 24.1. The van der Waals surface area contributed by atoms with Gasteiger partial charge in [-0.2, -0.15) is 0 Å². The van der Waals surface area contributed by atoms with Gasteiger partial charge in [0.15, 0.2) is 0 Å². The smallest absolute Gasteiger partial charge is 0.216 e. The van der Waals surface area contributed by atoms with E-state index in [0.29, 0.717) is 5.71 Å². The summed E-state index contributed by atoms with van der Waals surface area (Å²) >= 11 is -2.25. The minimum absolute atomic E-state index is 0. The molecule has 0 spiro atoms. The fraction of sp³-hybridized carbons (Fsp3) is 0.250. The van der Waals surface area contributed by atoms with Crippen LogP contribution in [0.5, 0.6) is 0 Å². The Bertz CT molecular complexity index is 2290. The van der Waals surface area contributed by atoms with Crippen LogP contribution in [0.15, 0.2) is 114 Å². The molecule has 7 rings (SSSR count). The van der Waals surface area contributed by atoms with E-state index in [0.717, 1.165) is 60.1 Å². The van der Waals surface area contributed by atoms with Crippen molar-refractivity contribution in [2.45, 2.75) is 63.7 Å². The topological polar surface area (TPSA) is 51.8 Å². The van der Waals surface area contributed by atoms with Crippen LogP contribution in [0.2, 0.25) is 17.3 Å². The van der Waals surface area contributed by atoms with Crippen molar-refractivity contribution in [1.29, 1.82) is 0 Å². The molecule has 0 aliphatic rings. The summed E-state index contributed by atoms with van der Waals surface area (Å²) in [5.41, 5.74) is 8.93. The molecule has 0 unspecified atom stereocenters. The number of fused-ring (bicyclic) bond motifs is 3. The van der Waals surface area contributed by atoms with Crippen LogP contribution >= 0.6 is 0 Å². The van der Waals surface area contributed by atoms with Crippen LogP contribution in [-0.2, 0) is 31.9 Å². The minimum Gasteiger partial charge on any atom is -0.486 e. The van der Waals surface area contributed by atoms with Crippen molar-refractivity contribution in [2.75, 3.05) is 0 Å². The van der Waals surface area contributed by atoms with Crippen LogP contribution < -0.4 is 4.40 Å². The van der Waals surface area contributed by atoms with Gasteiger partial charge in [-0.25, -0.2) is 4.98 Å². The standard InChI is InChI=1S/C22H32GeN.C22H13N2O.Ir/c1-16(2)12-18-14-21(24-15-20(18)23(6,7)8)17-10-9-11-19(13-17)22(3,4)5;1-2-7-15(8-3-1)19-13-12-17-16-9-6-10-18(20-11-4-5-14-23-20)21(16)25-22(17)24-19;/h9,11,13-16H,12H2,1-8H3;1-9,11-14H;/q2*-1;/i12D2;;. The van der Waals surface area contributed by atoms with Crippen LogP contribution in [0.1, 0.15) is 48.5 Å². The maximum absolute atomic E-state index is 8.70. The molecule has 0 aliphatic carbocycles. The monoisotopic (exact) mass is 900 g/mol. The molecule has 0 N–H and O–H groups in total. The molecule has 7 aromatic rings. The van der Waals surface area contributed by atoms with Gasteiger partial charge in [0.1, 0.15) is 0 Å². The molecule has 4 nitrogen and oxygen atoms in total. The summed E-state index contributed by atoms with van der Waals surface area (Å²) in [4.78, 5) is 13.9. The summed E-state index contributed by atoms with van der Waals surface area (Å²) in [6.45, 7) is 10.5. The van der Waals surface area contributed by atoms with Gasteiger partial charge >= 0.3 is 154 Å². The SMILES string of the molecule is [2H]C([2H])(c1cc(-c2[c-]ccc(C(C)(C)C)c2)nc[c]1[Ge]([CH3])([CH3])[CH3])C(C)C.[Ir].[c-]1ccc2c(oc3nc(-c4ccccc4)ccc32)c1-c1ccccn1. The van der Waals surface area contributed by atoms with Gasteiger partial charge in [-0.3, -0.25) is 0 Å². The number of rotatable bonds is 6. The largest absolute Gasteiger partial charge is 0.486 e. The van der Waals surface area contributed by atoms with Crippen molar-refractivity contribution in [1.82, 2.24) is 15.0 Å². The third kappa shape index (κ3) is 8.51. The third-order valence-electron chi connectivity index (χ3n) is 8.39. The second-order valence-electron chi connectivity index (χ2n) is 14.7. The molecule has 6 heteroatoms. The summed E-state index contributed by atoms with van der Waals surface area (Å²) in [5, 5.41) is 2.03. The Labute approximate surface area is 316 Å². The van der Waals surface area contributed by atoms with Gasteiger partial charge in [-0.05, 0) is 23.9 Å². The molecule has 3 aromatic carbocycles. The van der Waals surface area contributed by atoms with Crippen LogP contribution in [0.25, 0.3) is 55.8 Å². The van der Waals surface area contributed by atoms with E-state index in [2.05, 4.69) is 73.4 Å². The van der Waals surface area contributed by atoms with Gasteiger partial charge in [-0.15, -0.1) is 18.2 Å². The molecule has 4 heterocycles. The number of pyridine rings is 3. The Balaban J connectivity index is 0.000000197. The fourth-order valence-corrected chi connectivity index (χ4v) is 8.75. The average Bonchev–Trinajstić information content (AvgIpc) is 3.50. The number of hydrogen-bond donors (Lipinski definition) is 0. The van der Waals surface area contributed by atoms with E-state index in [9.17, 15) is 0 Å². The Morgan fingerprint density at radius 2 is 1.54 bits per heavy atom. The van der Waals surface area contributed by atoms with E-state index in [4.69, 9.17) is 17.1 Å². The molecule has 257 valence electrons. The zero-order valence-electron chi connectivity index (χ0n) is 32.1. The van der Waals surface area contributed by atoms with Crippen molar-refractivity contribution in [3.8, 4) is 33.8 Å². The Hall–Kier alpha value is -3.90. The van der Waals surface area contributed by atoms with E-state index in [1.807, 2.05) is 98.9 Å². The predicted molar refractivity (Wildman–Crippen MR) is 208 cm³/mol. The van der Waals surface area contributed by atoms with Crippen molar-refractivity contribution in [3.05, 3.63) is 133 Å². The maximum Gasteiger partial charge on any atom is 0.216 e. The number of benzene rings is 3. The number of aromatic nitrogens is 3. The molecule has 50 heavy (non-hydrogen) atoms. The van der Waals surface area contributed by atoms with Gasteiger partial charge in [-0.1, -0.05) is 53.4 Å². The van der Waals surface area contributed by atoms with Crippen molar-refractivity contribution >= 4 is 39.7 Å². The first kappa shape index (κ1) is 34.5.